The maximum atomic E-state index is 14.5. The van der Waals surface area contributed by atoms with Crippen LogP contribution in [0.15, 0.2) is 48.8 Å². The van der Waals surface area contributed by atoms with Gasteiger partial charge in [0.05, 0.1) is 33.6 Å². The molecule has 2 aliphatic carbocycles. The van der Waals surface area contributed by atoms with Crippen LogP contribution in [-0.4, -0.2) is 25.1 Å². The van der Waals surface area contributed by atoms with Crippen LogP contribution in [0.5, 0.6) is 0 Å². The van der Waals surface area contributed by atoms with Crippen molar-refractivity contribution in [2.75, 3.05) is 5.73 Å². The minimum atomic E-state index is -0.662. The van der Waals surface area contributed by atoms with Crippen molar-refractivity contribution in [1.82, 2.24) is 25.1 Å². The fourth-order valence-electron chi connectivity index (χ4n) is 6.21. The SMILES string of the molecule is C#Cc1cc(-c2nccc([C@@]34CC[C@@H](c5cc(-c6c(F)cccc6F)nnc53)C4(C)C)n2)cnc1N. The van der Waals surface area contributed by atoms with Gasteiger partial charge in [-0.25, -0.2) is 23.7 Å². The zero-order valence-corrected chi connectivity index (χ0v) is 19.8. The molecule has 1 saturated carbocycles. The average molecular weight is 481 g/mol. The number of aromatic nitrogens is 5. The van der Waals surface area contributed by atoms with Crippen molar-refractivity contribution in [3.63, 3.8) is 0 Å². The highest BCUT2D eigenvalue weighted by molar-refractivity contribution is 5.65. The van der Waals surface area contributed by atoms with Gasteiger partial charge in [0.2, 0.25) is 0 Å². The fraction of sp³-hybridized carbons (Fsp3) is 0.250. The summed E-state index contributed by atoms with van der Waals surface area (Å²) in [5.74, 6) is 2.11. The molecule has 2 N–H and O–H groups in total. The lowest BCUT2D eigenvalue weighted by atomic mass is 9.66. The fourth-order valence-corrected chi connectivity index (χ4v) is 6.21. The number of terminal acetylenes is 1. The first-order valence-corrected chi connectivity index (χ1v) is 11.7. The number of hydrogen-bond donors (Lipinski definition) is 1. The van der Waals surface area contributed by atoms with Crippen LogP contribution in [0.25, 0.3) is 22.6 Å². The van der Waals surface area contributed by atoms with Gasteiger partial charge in [-0.05, 0) is 60.1 Å². The van der Waals surface area contributed by atoms with E-state index < -0.39 is 17.0 Å². The summed E-state index contributed by atoms with van der Waals surface area (Å²) in [5, 5.41) is 8.88. The first-order chi connectivity index (χ1) is 17.3. The van der Waals surface area contributed by atoms with Gasteiger partial charge in [0.1, 0.15) is 17.5 Å². The van der Waals surface area contributed by atoms with Crippen LogP contribution in [0.1, 0.15) is 55.1 Å². The van der Waals surface area contributed by atoms with Gasteiger partial charge in [0.25, 0.3) is 0 Å². The van der Waals surface area contributed by atoms with Gasteiger partial charge in [-0.1, -0.05) is 25.8 Å². The summed E-state index contributed by atoms with van der Waals surface area (Å²) < 4.78 is 29.0. The molecule has 1 fully saturated rings. The highest BCUT2D eigenvalue weighted by Gasteiger charge is 2.65. The maximum Gasteiger partial charge on any atom is 0.161 e. The van der Waals surface area contributed by atoms with E-state index in [9.17, 15) is 8.78 Å². The number of benzene rings is 1. The summed E-state index contributed by atoms with van der Waals surface area (Å²) in [4.78, 5) is 13.6. The van der Waals surface area contributed by atoms with E-state index in [0.29, 0.717) is 17.0 Å². The van der Waals surface area contributed by atoms with E-state index in [1.54, 1.807) is 24.5 Å². The molecule has 178 valence electrons. The van der Waals surface area contributed by atoms with Gasteiger partial charge in [-0.2, -0.15) is 5.10 Å². The third-order valence-electron chi connectivity index (χ3n) is 8.03. The van der Waals surface area contributed by atoms with E-state index in [1.807, 2.05) is 6.07 Å². The van der Waals surface area contributed by atoms with E-state index in [0.717, 1.165) is 29.8 Å². The molecule has 0 amide bonds. The number of hydrogen-bond acceptors (Lipinski definition) is 6. The first-order valence-electron chi connectivity index (χ1n) is 11.7. The Kier molecular flexibility index (Phi) is 4.71. The van der Waals surface area contributed by atoms with Gasteiger partial charge < -0.3 is 5.73 Å². The van der Waals surface area contributed by atoms with E-state index in [1.165, 1.54) is 18.2 Å². The van der Waals surface area contributed by atoms with Crippen molar-refractivity contribution < 1.29 is 8.78 Å². The molecule has 0 spiro atoms. The van der Waals surface area contributed by atoms with Gasteiger partial charge in [-0.15, -0.1) is 11.5 Å². The number of nitrogens with two attached hydrogens (primary N) is 1. The van der Waals surface area contributed by atoms with E-state index in [4.69, 9.17) is 17.1 Å². The molecule has 2 bridgehead atoms. The van der Waals surface area contributed by atoms with Crippen LogP contribution < -0.4 is 5.73 Å². The number of nitrogens with zero attached hydrogens (tertiary/aromatic N) is 5. The minimum Gasteiger partial charge on any atom is -0.383 e. The van der Waals surface area contributed by atoms with E-state index >= 15 is 0 Å². The largest absolute Gasteiger partial charge is 0.383 e. The van der Waals surface area contributed by atoms with Crippen molar-refractivity contribution in [2.45, 2.75) is 38.0 Å². The molecule has 6 nitrogen and oxygen atoms in total. The van der Waals surface area contributed by atoms with Gasteiger partial charge in [0, 0.05) is 18.0 Å². The number of rotatable bonds is 3. The second kappa shape index (κ2) is 7.62. The van der Waals surface area contributed by atoms with Crippen molar-refractivity contribution in [3.05, 3.63) is 82.9 Å². The molecule has 0 aliphatic heterocycles. The predicted octanol–water partition coefficient (Wildman–Crippen LogP) is 5.04. The average Bonchev–Trinajstić information content (AvgIpc) is 3.25. The molecule has 4 aromatic rings. The Morgan fingerprint density at radius 3 is 2.61 bits per heavy atom. The second-order valence-electron chi connectivity index (χ2n) is 9.92. The number of fused-ring (bicyclic) bond motifs is 5. The highest BCUT2D eigenvalue weighted by atomic mass is 19.1. The number of anilines is 1. The lowest BCUT2D eigenvalue weighted by Crippen LogP contribution is -2.38. The van der Waals surface area contributed by atoms with Crippen molar-refractivity contribution in [2.24, 2.45) is 5.41 Å². The van der Waals surface area contributed by atoms with Crippen LogP contribution >= 0.6 is 0 Å². The Hall–Kier alpha value is -4.25. The minimum absolute atomic E-state index is 0.140. The Morgan fingerprint density at radius 2 is 1.86 bits per heavy atom. The summed E-state index contributed by atoms with van der Waals surface area (Å²) in [7, 11) is 0. The Labute approximate surface area is 207 Å². The van der Waals surface area contributed by atoms with Crippen molar-refractivity contribution >= 4 is 5.82 Å². The first kappa shape index (κ1) is 22.2. The molecule has 8 heteroatoms. The number of pyridine rings is 1. The molecule has 3 aromatic heterocycles. The molecule has 0 unspecified atom stereocenters. The lowest BCUT2D eigenvalue weighted by molar-refractivity contribution is 0.243. The molecule has 3 heterocycles. The molecular weight excluding hydrogens is 458 g/mol. The predicted molar refractivity (Wildman–Crippen MR) is 132 cm³/mol. The van der Waals surface area contributed by atoms with Crippen molar-refractivity contribution in [3.8, 4) is 35.0 Å². The summed E-state index contributed by atoms with van der Waals surface area (Å²) in [6.45, 7) is 4.39. The zero-order chi connectivity index (χ0) is 25.2. The smallest absolute Gasteiger partial charge is 0.161 e. The van der Waals surface area contributed by atoms with Crippen LogP contribution in [0.4, 0.5) is 14.6 Å². The van der Waals surface area contributed by atoms with E-state index in [-0.39, 0.29) is 28.4 Å². The summed E-state index contributed by atoms with van der Waals surface area (Å²) in [6.07, 6.45) is 10.6. The lowest BCUT2D eigenvalue weighted by Gasteiger charge is -2.37. The summed E-state index contributed by atoms with van der Waals surface area (Å²) in [6, 6.07) is 9.24. The number of halogens is 2. The van der Waals surface area contributed by atoms with Crippen LogP contribution in [0, 0.1) is 29.4 Å². The van der Waals surface area contributed by atoms with Crippen LogP contribution in [-0.2, 0) is 5.41 Å². The van der Waals surface area contributed by atoms with Crippen LogP contribution in [0.2, 0.25) is 0 Å². The normalized spacial score (nSPS) is 21.2. The van der Waals surface area contributed by atoms with Crippen molar-refractivity contribution in [1.29, 1.82) is 0 Å². The van der Waals surface area contributed by atoms with Gasteiger partial charge in [0.15, 0.2) is 5.82 Å². The molecule has 2 atom stereocenters. The summed E-state index contributed by atoms with van der Waals surface area (Å²) in [5.41, 5.74) is 8.83. The van der Waals surface area contributed by atoms with Crippen LogP contribution in [0.3, 0.4) is 0 Å². The van der Waals surface area contributed by atoms with Gasteiger partial charge in [-0.3, -0.25) is 0 Å². The third kappa shape index (κ3) is 2.86. The Bertz CT molecular complexity index is 1570. The van der Waals surface area contributed by atoms with Gasteiger partial charge >= 0.3 is 0 Å². The molecule has 1 aromatic carbocycles. The molecule has 0 saturated heterocycles. The quantitative estimate of drug-likeness (QED) is 0.413. The third-order valence-corrected chi connectivity index (χ3v) is 8.03. The monoisotopic (exact) mass is 480 g/mol. The molecular formula is C28H22F2N6. The zero-order valence-electron chi connectivity index (χ0n) is 19.8. The molecule has 0 radical (unpaired) electrons. The topological polar surface area (TPSA) is 90.5 Å². The maximum absolute atomic E-state index is 14.5. The second-order valence-corrected chi connectivity index (χ2v) is 9.92. The van der Waals surface area contributed by atoms with E-state index in [2.05, 4.69) is 39.9 Å². The Morgan fingerprint density at radius 1 is 1.08 bits per heavy atom. The molecule has 2 aliphatic rings. The highest BCUT2D eigenvalue weighted by Crippen LogP contribution is 2.69. The molecule has 6 rings (SSSR count). The summed E-state index contributed by atoms with van der Waals surface area (Å²) >= 11 is 0. The Balaban J connectivity index is 1.51. The number of nitrogen functional groups attached to an aromatic ring is 1. The standard InChI is InChI=1S/C28H22F2N6/c1-4-15-12-16(14-33-25(15)31)26-32-11-9-22(34-26)28-10-8-18(27(28,2)3)17-13-21(35-36-24(17)28)23-19(29)6-5-7-20(23)30/h1,5-7,9,11-14,18H,8,10H2,2-3H3,(H2,31,33)/t18-,28-/m0/s1. The molecule has 36 heavy (non-hydrogen) atoms.